The fourth-order valence-corrected chi connectivity index (χ4v) is 0.763. The minimum absolute atomic E-state index is 1.00. The van der Waals surface area contributed by atoms with Gasteiger partial charge in [-0.2, -0.15) is 0 Å². The molecule has 0 amide bonds. The first-order valence-electron chi connectivity index (χ1n) is 3.28. The molecule has 0 spiro atoms. The van der Waals surface area contributed by atoms with Crippen LogP contribution in [-0.2, 0) is 7.05 Å². The lowest BCUT2D eigenvalue weighted by atomic mass is 10.7. The molecule has 0 atom stereocenters. The maximum atomic E-state index is 8.00. The van der Waals surface area contributed by atoms with Crippen LogP contribution in [0.1, 0.15) is 5.82 Å². The van der Waals surface area contributed by atoms with Crippen molar-refractivity contribution in [1.82, 2.24) is 4.57 Å². The maximum absolute atomic E-state index is 8.00. The quantitative estimate of drug-likeness (QED) is 0.357. The lowest BCUT2D eigenvalue weighted by Gasteiger charge is -1.86. The Morgan fingerprint density at radius 2 is 2.33 bits per heavy atom. The van der Waals surface area contributed by atoms with Crippen LogP contribution in [0.15, 0.2) is 24.3 Å². The minimum atomic E-state index is 1.00. The summed E-state index contributed by atoms with van der Waals surface area (Å²) in [4.78, 5) is 8.00. The van der Waals surface area contributed by atoms with Gasteiger partial charge in [0.15, 0.2) is 0 Å². The molecular formula is C7H11N3O2. The fourth-order valence-electron chi connectivity index (χ4n) is 0.763. The zero-order valence-corrected chi connectivity index (χ0v) is 7.10. The monoisotopic (exact) mass is 169 g/mol. The first-order valence-corrected chi connectivity index (χ1v) is 3.28. The highest BCUT2D eigenvalue weighted by molar-refractivity contribution is 5.16. The second kappa shape index (κ2) is 5.06. The summed E-state index contributed by atoms with van der Waals surface area (Å²) in [5.41, 5.74) is 0. The van der Waals surface area contributed by atoms with E-state index in [1.54, 1.807) is 6.20 Å². The topological polar surface area (TPSA) is 61.3 Å². The van der Waals surface area contributed by atoms with Gasteiger partial charge >= 0.3 is 0 Å². The Kier molecular flexibility index (Phi) is 4.36. The summed E-state index contributed by atoms with van der Waals surface area (Å²) in [6, 6.07) is 0. The van der Waals surface area contributed by atoms with E-state index in [0.717, 1.165) is 5.34 Å². The summed E-state index contributed by atoms with van der Waals surface area (Å²) in [5.74, 6) is 1.19. The Labute approximate surface area is 70.5 Å². The van der Waals surface area contributed by atoms with Gasteiger partial charge in [0.05, 0.1) is 13.2 Å². The molecule has 0 aromatic carbocycles. The van der Waals surface area contributed by atoms with E-state index in [2.05, 4.69) is 6.58 Å². The maximum Gasteiger partial charge on any atom is 0.257 e. The van der Waals surface area contributed by atoms with Crippen LogP contribution in [0.5, 0.6) is 0 Å². The summed E-state index contributed by atoms with van der Waals surface area (Å²) in [6.45, 7) is 5.70. The Hall–Kier alpha value is -1.65. The predicted octanol–water partition coefficient (Wildman–Crippen LogP) is 0.972. The van der Waals surface area contributed by atoms with Crippen LogP contribution in [-0.4, -0.2) is 4.57 Å². The molecule has 0 radical (unpaired) electrons. The van der Waals surface area contributed by atoms with E-state index in [4.69, 9.17) is 10.1 Å². The van der Waals surface area contributed by atoms with Gasteiger partial charge in [0, 0.05) is 6.92 Å². The van der Waals surface area contributed by atoms with Crippen molar-refractivity contribution in [2.75, 3.05) is 0 Å². The molecule has 0 N–H and O–H groups in total. The van der Waals surface area contributed by atoms with Gasteiger partial charge in [0.25, 0.3) is 5.82 Å². The van der Waals surface area contributed by atoms with Gasteiger partial charge in [-0.1, -0.05) is 6.58 Å². The number of hydrogen-bond acceptors (Lipinski definition) is 3. The van der Waals surface area contributed by atoms with Gasteiger partial charge in [-0.05, 0) is 0 Å². The molecule has 0 aliphatic heterocycles. The Balaban J connectivity index is 0.000000354. The van der Waals surface area contributed by atoms with E-state index in [9.17, 15) is 0 Å². The average molecular weight is 169 g/mol. The van der Waals surface area contributed by atoms with Crippen molar-refractivity contribution in [1.29, 1.82) is 0 Å². The third-order valence-corrected chi connectivity index (χ3v) is 1.53. The first kappa shape index (κ1) is 10.3. The molecule has 0 aliphatic rings. The molecule has 5 heteroatoms. The molecule has 0 saturated heterocycles. The highest BCUT2D eigenvalue weighted by Crippen LogP contribution is 1.90. The number of nitrogens with zero attached hydrogens (tertiary/aromatic N) is 3. The minimum Gasteiger partial charge on any atom is -0.444 e. The summed E-state index contributed by atoms with van der Waals surface area (Å²) < 4.78 is 4.02. The van der Waals surface area contributed by atoms with Gasteiger partial charge in [-0.25, -0.2) is 9.13 Å². The second-order valence-electron chi connectivity index (χ2n) is 2.12. The van der Waals surface area contributed by atoms with Crippen LogP contribution >= 0.6 is 0 Å². The molecule has 1 aromatic heterocycles. The van der Waals surface area contributed by atoms with Gasteiger partial charge in [-0.15, -0.1) is 5.34 Å². The van der Waals surface area contributed by atoms with E-state index >= 15 is 0 Å². The highest BCUT2D eigenvalue weighted by Gasteiger charge is 2.02. The smallest absolute Gasteiger partial charge is 0.257 e. The van der Waals surface area contributed by atoms with Crippen LogP contribution in [0.3, 0.4) is 0 Å². The van der Waals surface area contributed by atoms with E-state index in [1.807, 2.05) is 35.5 Å². The van der Waals surface area contributed by atoms with Crippen molar-refractivity contribution in [3.8, 4) is 0 Å². The predicted molar refractivity (Wildman–Crippen MR) is 45.9 cm³/mol. The highest BCUT2D eigenvalue weighted by atomic mass is 16.6. The van der Waals surface area contributed by atoms with Crippen molar-refractivity contribution in [3.63, 3.8) is 0 Å². The molecule has 0 fully saturated rings. The number of aromatic nitrogens is 2. The van der Waals surface area contributed by atoms with Crippen molar-refractivity contribution in [2.24, 2.45) is 12.4 Å². The number of rotatable bonds is 1. The van der Waals surface area contributed by atoms with Gasteiger partial charge in [0.2, 0.25) is 0 Å². The molecule has 1 heterocycles. The molecule has 1 aromatic rings. The van der Waals surface area contributed by atoms with Gasteiger partial charge < -0.3 is 10.1 Å². The third kappa shape index (κ3) is 2.53. The summed E-state index contributed by atoms with van der Waals surface area (Å²) in [5, 5.41) is 9.00. The molecule has 5 nitrogen and oxygen atoms in total. The van der Waals surface area contributed by atoms with Crippen molar-refractivity contribution < 1.29 is 4.57 Å². The zero-order chi connectivity index (χ0) is 9.56. The summed E-state index contributed by atoms with van der Waals surface area (Å²) in [7, 11) is 2.01. The second-order valence-corrected chi connectivity index (χ2v) is 2.12. The van der Waals surface area contributed by atoms with Crippen LogP contribution in [0.2, 0.25) is 0 Å². The fraction of sp³-hybridized carbons (Fsp3) is 0.286. The SMILES string of the molecule is C=Cn1cc[n+](C)c1C.O=N[O-]. The van der Waals surface area contributed by atoms with Crippen LogP contribution in [0, 0.1) is 17.0 Å². The molecule has 66 valence electrons. The van der Waals surface area contributed by atoms with E-state index < -0.39 is 0 Å². The van der Waals surface area contributed by atoms with Gasteiger partial charge in [0.1, 0.15) is 12.4 Å². The van der Waals surface area contributed by atoms with E-state index in [0.29, 0.717) is 0 Å². The molecular weight excluding hydrogens is 158 g/mol. The molecule has 0 unspecified atom stereocenters. The molecule has 1 rings (SSSR count). The summed E-state index contributed by atoms with van der Waals surface area (Å²) >= 11 is 0. The van der Waals surface area contributed by atoms with Crippen molar-refractivity contribution in [2.45, 2.75) is 6.92 Å². The lowest BCUT2D eigenvalue weighted by Crippen LogP contribution is -2.28. The standard InChI is InChI=1S/C7H11N2.HNO2/c1-4-9-6-5-8(3)7(9)2;2-1-3/h4-6H,1H2,2-3H3;(H,2,3)/q+1;/p-1. The first-order chi connectivity index (χ1) is 5.67. The van der Waals surface area contributed by atoms with E-state index in [1.165, 1.54) is 5.82 Å². The molecule has 12 heavy (non-hydrogen) atoms. The van der Waals surface area contributed by atoms with Crippen LogP contribution in [0.25, 0.3) is 6.20 Å². The lowest BCUT2D eigenvalue weighted by molar-refractivity contribution is -0.676. The molecule has 0 saturated carbocycles. The zero-order valence-electron chi connectivity index (χ0n) is 7.10. The normalized spacial score (nSPS) is 8.17. The Morgan fingerprint density at radius 1 is 1.83 bits per heavy atom. The van der Waals surface area contributed by atoms with Gasteiger partial charge in [-0.3, -0.25) is 0 Å². The third-order valence-electron chi connectivity index (χ3n) is 1.53. The summed E-state index contributed by atoms with van der Waals surface area (Å²) in [6.07, 6.45) is 5.76. The molecule has 0 aliphatic carbocycles. The van der Waals surface area contributed by atoms with E-state index in [-0.39, 0.29) is 0 Å². The number of imidazole rings is 1. The largest absolute Gasteiger partial charge is 0.444 e. The Morgan fingerprint density at radius 3 is 2.50 bits per heavy atom. The van der Waals surface area contributed by atoms with Crippen LogP contribution in [0.4, 0.5) is 0 Å². The van der Waals surface area contributed by atoms with Crippen LogP contribution < -0.4 is 4.57 Å². The number of aryl methyl sites for hydroxylation is 1. The van der Waals surface area contributed by atoms with Crippen molar-refractivity contribution in [3.05, 3.63) is 34.9 Å². The average Bonchev–Trinajstić information content (AvgIpc) is 2.35. The van der Waals surface area contributed by atoms with Crippen molar-refractivity contribution >= 4 is 6.20 Å². The number of hydrogen-bond donors (Lipinski definition) is 0. The molecule has 0 bridgehead atoms. The Bertz CT molecular complexity index is 268.